The number of nitrogens with zero attached hydrogens (tertiary/aromatic N) is 2. The van der Waals surface area contributed by atoms with Crippen LogP contribution in [0.3, 0.4) is 0 Å². The quantitative estimate of drug-likeness (QED) is 0.656. The summed E-state index contributed by atoms with van der Waals surface area (Å²) in [6, 6.07) is 11.8. The van der Waals surface area contributed by atoms with Gasteiger partial charge in [-0.25, -0.2) is 8.42 Å². The second-order valence-electron chi connectivity index (χ2n) is 7.71. The Morgan fingerprint density at radius 3 is 2.24 bits per heavy atom. The number of rotatable bonds is 7. The Morgan fingerprint density at radius 1 is 0.970 bits per heavy atom. The summed E-state index contributed by atoms with van der Waals surface area (Å²) in [5, 5.41) is 2.88. The topological polar surface area (TPSA) is 97.4 Å². The van der Waals surface area contributed by atoms with Gasteiger partial charge >= 0.3 is 0 Å². The predicted octanol–water partition coefficient (Wildman–Crippen LogP) is 2.20. The Bertz CT molecular complexity index is 1060. The molecule has 1 N–H and O–H groups in total. The van der Waals surface area contributed by atoms with E-state index in [-0.39, 0.29) is 10.8 Å². The number of hydrogen-bond donors (Lipinski definition) is 1. The Morgan fingerprint density at radius 2 is 1.61 bits per heavy atom. The number of nitrogens with one attached hydrogen (secondary N) is 1. The van der Waals surface area contributed by atoms with Crippen LogP contribution in [0.5, 0.6) is 5.75 Å². The normalized spacial score (nSPS) is 17.5. The summed E-state index contributed by atoms with van der Waals surface area (Å²) in [7, 11) is -3.74. The van der Waals surface area contributed by atoms with Gasteiger partial charge in [0.1, 0.15) is 5.75 Å². The average Bonchev–Trinajstić information content (AvgIpc) is 2.86. The molecule has 2 saturated heterocycles. The van der Waals surface area contributed by atoms with E-state index in [4.69, 9.17) is 14.2 Å². The van der Waals surface area contributed by atoms with Crippen LogP contribution in [0.25, 0.3) is 0 Å². The van der Waals surface area contributed by atoms with Gasteiger partial charge in [-0.15, -0.1) is 0 Å². The molecule has 2 aromatic carbocycles. The molecule has 10 heteroatoms. The Balaban J connectivity index is 1.65. The highest BCUT2D eigenvalue weighted by Crippen LogP contribution is 2.28. The molecule has 0 radical (unpaired) electrons. The van der Waals surface area contributed by atoms with Gasteiger partial charge in [-0.1, -0.05) is 0 Å². The average molecular weight is 476 g/mol. The monoisotopic (exact) mass is 475 g/mol. The van der Waals surface area contributed by atoms with Gasteiger partial charge in [0.05, 0.1) is 43.5 Å². The molecule has 33 heavy (non-hydrogen) atoms. The SMILES string of the molecule is CCOc1ccc(NC(=O)c2cc(S(=O)(=O)N3CCOCC3)ccc2N2CCOCC2)cc1. The van der Waals surface area contributed by atoms with Gasteiger partial charge in [0, 0.05) is 37.6 Å². The molecule has 2 aromatic rings. The number of anilines is 2. The van der Waals surface area contributed by atoms with Gasteiger partial charge in [0.15, 0.2) is 0 Å². The Hall–Kier alpha value is -2.66. The van der Waals surface area contributed by atoms with E-state index in [1.54, 1.807) is 36.4 Å². The summed E-state index contributed by atoms with van der Waals surface area (Å²) in [6.45, 7) is 6.11. The molecular weight excluding hydrogens is 446 g/mol. The summed E-state index contributed by atoms with van der Waals surface area (Å²) >= 11 is 0. The van der Waals surface area contributed by atoms with Crippen molar-refractivity contribution in [3.05, 3.63) is 48.0 Å². The van der Waals surface area contributed by atoms with Gasteiger partial charge in [0.2, 0.25) is 10.0 Å². The first-order valence-electron chi connectivity index (χ1n) is 11.1. The number of morpholine rings is 2. The fourth-order valence-electron chi connectivity index (χ4n) is 3.87. The molecule has 1 amide bonds. The third kappa shape index (κ3) is 5.47. The predicted molar refractivity (Wildman–Crippen MR) is 125 cm³/mol. The van der Waals surface area contributed by atoms with Crippen LogP contribution in [-0.4, -0.2) is 77.8 Å². The van der Waals surface area contributed by atoms with Crippen LogP contribution in [0.4, 0.5) is 11.4 Å². The molecule has 0 bridgehead atoms. The maximum absolute atomic E-state index is 13.3. The van der Waals surface area contributed by atoms with E-state index in [2.05, 4.69) is 5.32 Å². The summed E-state index contributed by atoms with van der Waals surface area (Å²) in [5.74, 6) is 0.336. The number of hydrogen-bond acceptors (Lipinski definition) is 7. The van der Waals surface area contributed by atoms with Crippen molar-refractivity contribution in [2.75, 3.05) is 69.4 Å². The van der Waals surface area contributed by atoms with Gasteiger partial charge < -0.3 is 24.4 Å². The summed E-state index contributed by atoms with van der Waals surface area (Å²) in [4.78, 5) is 15.5. The van der Waals surface area contributed by atoms with Crippen molar-refractivity contribution in [2.45, 2.75) is 11.8 Å². The minimum absolute atomic E-state index is 0.0956. The van der Waals surface area contributed by atoms with Gasteiger partial charge in [-0.2, -0.15) is 4.31 Å². The zero-order valence-corrected chi connectivity index (χ0v) is 19.5. The van der Waals surface area contributed by atoms with Crippen molar-refractivity contribution in [2.24, 2.45) is 0 Å². The molecule has 2 heterocycles. The van der Waals surface area contributed by atoms with Crippen molar-refractivity contribution >= 4 is 27.3 Å². The van der Waals surface area contributed by atoms with E-state index in [1.807, 2.05) is 11.8 Å². The Labute approximate surface area is 194 Å². The number of carbonyl (C=O) groups excluding carboxylic acids is 1. The first-order chi connectivity index (χ1) is 16.0. The molecule has 0 unspecified atom stereocenters. The molecular formula is C23H29N3O6S. The van der Waals surface area contributed by atoms with Crippen LogP contribution in [-0.2, 0) is 19.5 Å². The van der Waals surface area contributed by atoms with Crippen LogP contribution in [0.2, 0.25) is 0 Å². The van der Waals surface area contributed by atoms with Gasteiger partial charge in [0.25, 0.3) is 5.91 Å². The highest BCUT2D eigenvalue weighted by molar-refractivity contribution is 7.89. The third-order valence-corrected chi connectivity index (χ3v) is 7.49. The van der Waals surface area contributed by atoms with E-state index in [0.29, 0.717) is 81.9 Å². The number of carbonyl (C=O) groups is 1. The van der Waals surface area contributed by atoms with Crippen molar-refractivity contribution in [3.63, 3.8) is 0 Å². The van der Waals surface area contributed by atoms with Crippen LogP contribution < -0.4 is 15.0 Å². The lowest BCUT2D eigenvalue weighted by molar-refractivity contribution is 0.0730. The number of benzene rings is 2. The standard InChI is InChI=1S/C23H29N3O6S/c1-2-32-19-5-3-18(4-6-19)24-23(27)21-17-20(33(28,29)26-11-15-31-16-12-26)7-8-22(21)25-9-13-30-14-10-25/h3-8,17H,2,9-16H2,1H3,(H,24,27). The first-order valence-corrected chi connectivity index (χ1v) is 12.5. The molecule has 2 aliphatic rings. The molecule has 0 saturated carbocycles. The second-order valence-corrected chi connectivity index (χ2v) is 9.64. The lowest BCUT2D eigenvalue weighted by Gasteiger charge is -2.31. The van der Waals surface area contributed by atoms with E-state index >= 15 is 0 Å². The van der Waals surface area contributed by atoms with E-state index in [9.17, 15) is 13.2 Å². The lowest BCUT2D eigenvalue weighted by atomic mass is 10.1. The smallest absolute Gasteiger partial charge is 0.257 e. The number of amides is 1. The van der Waals surface area contributed by atoms with Gasteiger partial charge in [-0.3, -0.25) is 4.79 Å². The van der Waals surface area contributed by atoms with E-state index in [0.717, 1.165) is 0 Å². The summed E-state index contributed by atoms with van der Waals surface area (Å²) < 4.78 is 44.0. The number of sulfonamides is 1. The minimum atomic E-state index is -3.74. The largest absolute Gasteiger partial charge is 0.494 e. The van der Waals surface area contributed by atoms with Gasteiger partial charge in [-0.05, 0) is 49.4 Å². The van der Waals surface area contributed by atoms with Crippen molar-refractivity contribution < 1.29 is 27.4 Å². The zero-order chi connectivity index (χ0) is 23.3. The highest BCUT2D eigenvalue weighted by Gasteiger charge is 2.29. The molecule has 2 aliphatic heterocycles. The fourth-order valence-corrected chi connectivity index (χ4v) is 5.31. The third-order valence-electron chi connectivity index (χ3n) is 5.60. The van der Waals surface area contributed by atoms with E-state index in [1.165, 1.54) is 10.4 Å². The maximum Gasteiger partial charge on any atom is 0.257 e. The molecule has 0 aliphatic carbocycles. The number of ether oxygens (including phenoxy) is 3. The van der Waals surface area contributed by atoms with Crippen LogP contribution in [0.15, 0.2) is 47.4 Å². The highest BCUT2D eigenvalue weighted by atomic mass is 32.2. The van der Waals surface area contributed by atoms with E-state index < -0.39 is 10.0 Å². The van der Waals surface area contributed by atoms with Crippen molar-refractivity contribution in [1.82, 2.24) is 4.31 Å². The van der Waals surface area contributed by atoms with Crippen LogP contribution in [0, 0.1) is 0 Å². The molecule has 4 rings (SSSR count). The molecule has 2 fully saturated rings. The Kier molecular flexibility index (Phi) is 7.49. The first kappa shape index (κ1) is 23.5. The fraction of sp³-hybridized carbons (Fsp3) is 0.435. The molecule has 178 valence electrons. The lowest BCUT2D eigenvalue weighted by Crippen LogP contribution is -2.41. The molecule has 0 aromatic heterocycles. The molecule has 0 spiro atoms. The molecule has 0 atom stereocenters. The van der Waals surface area contributed by atoms with Crippen molar-refractivity contribution in [1.29, 1.82) is 0 Å². The van der Waals surface area contributed by atoms with Crippen LogP contribution >= 0.6 is 0 Å². The molecule has 9 nitrogen and oxygen atoms in total. The minimum Gasteiger partial charge on any atom is -0.494 e. The zero-order valence-electron chi connectivity index (χ0n) is 18.7. The van der Waals surface area contributed by atoms with Crippen molar-refractivity contribution in [3.8, 4) is 5.75 Å². The summed E-state index contributed by atoms with van der Waals surface area (Å²) in [5.41, 5.74) is 1.58. The van der Waals surface area contributed by atoms with Crippen LogP contribution in [0.1, 0.15) is 17.3 Å². The maximum atomic E-state index is 13.3. The summed E-state index contributed by atoms with van der Waals surface area (Å²) in [6.07, 6.45) is 0. The second kappa shape index (κ2) is 10.5.